The normalized spacial score (nSPS) is 10.9. The Morgan fingerprint density at radius 2 is 1.70 bits per heavy atom. The number of hydrogen-bond acceptors (Lipinski definition) is 4. The summed E-state index contributed by atoms with van der Waals surface area (Å²) < 4.78 is 7.25. The van der Waals surface area contributed by atoms with Crippen LogP contribution in [0.25, 0.3) is 16.8 Å². The molecule has 5 nitrogen and oxygen atoms in total. The third-order valence-electron chi connectivity index (χ3n) is 4.39. The van der Waals surface area contributed by atoms with Crippen LogP contribution in [0.4, 0.5) is 0 Å². The van der Waals surface area contributed by atoms with E-state index in [9.17, 15) is 4.79 Å². The van der Waals surface area contributed by atoms with Crippen LogP contribution in [-0.2, 0) is 6.42 Å². The molecule has 0 aliphatic heterocycles. The van der Waals surface area contributed by atoms with Crippen molar-refractivity contribution in [2.75, 3.05) is 6.61 Å². The third-order valence-corrected chi connectivity index (χ3v) is 4.39. The van der Waals surface area contributed by atoms with Crippen molar-refractivity contribution < 1.29 is 4.74 Å². The van der Waals surface area contributed by atoms with Crippen molar-refractivity contribution in [2.45, 2.75) is 13.3 Å². The number of aromatic nitrogens is 3. The van der Waals surface area contributed by atoms with Crippen molar-refractivity contribution in [2.24, 2.45) is 0 Å². The molecule has 0 unspecified atom stereocenters. The van der Waals surface area contributed by atoms with Crippen molar-refractivity contribution in [3.05, 3.63) is 94.7 Å². The first-order valence-corrected chi connectivity index (χ1v) is 8.89. The molecule has 27 heavy (non-hydrogen) atoms. The smallest absolute Gasteiger partial charge is 0.266 e. The molecule has 0 fully saturated rings. The first-order chi connectivity index (χ1) is 13.3. The van der Waals surface area contributed by atoms with Crippen LogP contribution in [0, 0.1) is 0 Å². The molecule has 0 saturated heterocycles. The lowest BCUT2D eigenvalue weighted by Crippen LogP contribution is -2.22. The van der Waals surface area contributed by atoms with E-state index in [4.69, 9.17) is 9.72 Å². The summed E-state index contributed by atoms with van der Waals surface area (Å²) in [6, 6.07) is 19.6. The van der Waals surface area contributed by atoms with E-state index in [-0.39, 0.29) is 5.56 Å². The maximum absolute atomic E-state index is 13.2. The first kappa shape index (κ1) is 17.0. The van der Waals surface area contributed by atoms with Crippen LogP contribution in [0.5, 0.6) is 5.88 Å². The summed E-state index contributed by atoms with van der Waals surface area (Å²) in [5.41, 5.74) is 3.70. The lowest BCUT2D eigenvalue weighted by molar-refractivity contribution is 0.323. The standard InChI is InChI=1S/C22H19N3O2/c1-2-27-21-18(13-16-9-5-3-6-10-16)22(26)25-15-23-14-19(20(25)24-21)17-11-7-4-8-12-17/h3-12,14-15H,2,13H2,1H3. The van der Waals surface area contributed by atoms with Crippen LogP contribution >= 0.6 is 0 Å². The quantitative estimate of drug-likeness (QED) is 0.546. The topological polar surface area (TPSA) is 56.5 Å². The molecule has 2 aromatic carbocycles. The minimum absolute atomic E-state index is 0.155. The lowest BCUT2D eigenvalue weighted by Gasteiger charge is -2.13. The van der Waals surface area contributed by atoms with E-state index in [2.05, 4.69) is 4.98 Å². The van der Waals surface area contributed by atoms with E-state index >= 15 is 0 Å². The summed E-state index contributed by atoms with van der Waals surface area (Å²) >= 11 is 0. The maximum Gasteiger partial charge on any atom is 0.266 e. The fourth-order valence-electron chi connectivity index (χ4n) is 3.11. The van der Waals surface area contributed by atoms with Gasteiger partial charge in [-0.15, -0.1) is 0 Å². The van der Waals surface area contributed by atoms with Crippen LogP contribution in [0.1, 0.15) is 18.1 Å². The number of fused-ring (bicyclic) bond motifs is 1. The average molecular weight is 357 g/mol. The zero-order chi connectivity index (χ0) is 18.6. The number of rotatable bonds is 5. The van der Waals surface area contributed by atoms with E-state index in [1.54, 1.807) is 6.20 Å². The van der Waals surface area contributed by atoms with Crippen LogP contribution in [0.3, 0.4) is 0 Å². The average Bonchev–Trinajstić information content (AvgIpc) is 2.72. The summed E-state index contributed by atoms with van der Waals surface area (Å²) in [6.45, 7) is 2.33. The molecular weight excluding hydrogens is 338 g/mol. The molecule has 0 spiro atoms. The van der Waals surface area contributed by atoms with Gasteiger partial charge in [0.05, 0.1) is 12.2 Å². The largest absolute Gasteiger partial charge is 0.478 e. The fraction of sp³-hybridized carbons (Fsp3) is 0.136. The second-order valence-corrected chi connectivity index (χ2v) is 6.16. The fourth-order valence-corrected chi connectivity index (χ4v) is 3.11. The minimum atomic E-state index is -0.155. The third kappa shape index (κ3) is 3.31. The molecule has 4 rings (SSSR count). The molecule has 0 saturated carbocycles. The van der Waals surface area contributed by atoms with E-state index in [0.29, 0.717) is 30.1 Å². The van der Waals surface area contributed by atoms with Gasteiger partial charge in [-0.3, -0.25) is 4.79 Å². The van der Waals surface area contributed by atoms with Crippen molar-refractivity contribution in [1.29, 1.82) is 0 Å². The van der Waals surface area contributed by atoms with Crippen LogP contribution in [-0.4, -0.2) is 21.0 Å². The Hall–Kier alpha value is -3.47. The zero-order valence-corrected chi connectivity index (χ0v) is 15.0. The van der Waals surface area contributed by atoms with Gasteiger partial charge in [0, 0.05) is 18.2 Å². The Kier molecular flexibility index (Phi) is 4.66. The highest BCUT2D eigenvalue weighted by atomic mass is 16.5. The molecule has 2 aromatic heterocycles. The zero-order valence-electron chi connectivity index (χ0n) is 15.0. The Bertz CT molecular complexity index is 1120. The van der Waals surface area contributed by atoms with Crippen molar-refractivity contribution >= 4 is 5.65 Å². The highest BCUT2D eigenvalue weighted by Crippen LogP contribution is 2.24. The van der Waals surface area contributed by atoms with Crippen molar-refractivity contribution in [3.63, 3.8) is 0 Å². The Labute approximate surface area is 156 Å². The molecular formula is C22H19N3O2. The summed E-state index contributed by atoms with van der Waals surface area (Å²) in [7, 11) is 0. The van der Waals surface area contributed by atoms with E-state index in [0.717, 1.165) is 16.7 Å². The second kappa shape index (κ2) is 7.41. The van der Waals surface area contributed by atoms with Crippen LogP contribution in [0.15, 0.2) is 78.0 Å². The molecule has 0 aliphatic rings. The molecule has 0 aliphatic carbocycles. The van der Waals surface area contributed by atoms with E-state index in [1.807, 2.05) is 67.6 Å². The predicted octanol–water partition coefficient (Wildman–Crippen LogP) is 3.75. The van der Waals surface area contributed by atoms with Gasteiger partial charge >= 0.3 is 0 Å². The Balaban J connectivity index is 1.94. The van der Waals surface area contributed by atoms with Gasteiger partial charge < -0.3 is 4.74 Å². The molecule has 0 radical (unpaired) electrons. The molecule has 0 bridgehead atoms. The Morgan fingerprint density at radius 1 is 1.00 bits per heavy atom. The van der Waals surface area contributed by atoms with Crippen LogP contribution in [0.2, 0.25) is 0 Å². The van der Waals surface area contributed by atoms with Gasteiger partial charge in [-0.05, 0) is 18.1 Å². The van der Waals surface area contributed by atoms with Crippen molar-refractivity contribution in [1.82, 2.24) is 14.4 Å². The molecule has 5 heteroatoms. The SMILES string of the molecule is CCOc1nc2c(-c3ccccc3)cncn2c(=O)c1Cc1ccccc1. The maximum atomic E-state index is 13.2. The monoisotopic (exact) mass is 357 g/mol. The summed E-state index contributed by atoms with van der Waals surface area (Å²) in [4.78, 5) is 22.2. The number of benzene rings is 2. The molecule has 0 amide bonds. The molecule has 2 heterocycles. The van der Waals surface area contributed by atoms with Crippen molar-refractivity contribution in [3.8, 4) is 17.0 Å². The minimum Gasteiger partial charge on any atom is -0.478 e. The summed E-state index contributed by atoms with van der Waals surface area (Å²) in [5, 5.41) is 0. The van der Waals surface area contributed by atoms with E-state index in [1.165, 1.54) is 10.7 Å². The first-order valence-electron chi connectivity index (χ1n) is 8.89. The second-order valence-electron chi connectivity index (χ2n) is 6.16. The van der Waals surface area contributed by atoms with Gasteiger partial charge in [0.15, 0.2) is 5.65 Å². The van der Waals surface area contributed by atoms with Crippen LogP contribution < -0.4 is 10.3 Å². The molecule has 0 atom stereocenters. The lowest BCUT2D eigenvalue weighted by atomic mass is 10.1. The van der Waals surface area contributed by atoms with Gasteiger partial charge in [0.25, 0.3) is 5.56 Å². The van der Waals surface area contributed by atoms with Gasteiger partial charge in [-0.25, -0.2) is 9.38 Å². The predicted molar refractivity (Wildman–Crippen MR) is 105 cm³/mol. The number of hydrogen-bond donors (Lipinski definition) is 0. The number of nitrogens with zero attached hydrogens (tertiary/aromatic N) is 3. The highest BCUT2D eigenvalue weighted by molar-refractivity contribution is 5.76. The van der Waals surface area contributed by atoms with Gasteiger partial charge in [0.2, 0.25) is 5.88 Å². The van der Waals surface area contributed by atoms with Gasteiger partial charge in [0.1, 0.15) is 6.33 Å². The summed E-state index contributed by atoms with van der Waals surface area (Å²) in [6.07, 6.45) is 3.70. The van der Waals surface area contributed by atoms with E-state index < -0.39 is 0 Å². The molecule has 4 aromatic rings. The number of ether oxygens (including phenoxy) is 1. The Morgan fingerprint density at radius 3 is 2.41 bits per heavy atom. The molecule has 134 valence electrons. The highest BCUT2D eigenvalue weighted by Gasteiger charge is 2.17. The summed E-state index contributed by atoms with van der Waals surface area (Å²) in [5.74, 6) is 0.384. The van der Waals surface area contributed by atoms with Gasteiger partial charge in [-0.2, -0.15) is 4.98 Å². The van der Waals surface area contributed by atoms with Gasteiger partial charge in [-0.1, -0.05) is 60.7 Å². The molecule has 0 N–H and O–H groups in total.